The number of sulfonamides is 1. The molecule has 3 nitrogen and oxygen atoms in total. The number of halogens is 1. The predicted molar refractivity (Wildman–Crippen MR) is 78.1 cm³/mol. The highest BCUT2D eigenvalue weighted by Crippen LogP contribution is 2.26. The highest BCUT2D eigenvalue weighted by Gasteiger charge is 2.25. The molecule has 0 unspecified atom stereocenters. The summed E-state index contributed by atoms with van der Waals surface area (Å²) in [5.74, 6) is 0. The first-order valence-electron chi connectivity index (χ1n) is 5.69. The Bertz CT molecular complexity index is 552. The van der Waals surface area contributed by atoms with Gasteiger partial charge in [-0.3, -0.25) is 0 Å². The molecule has 0 saturated heterocycles. The van der Waals surface area contributed by atoms with Crippen molar-refractivity contribution < 1.29 is 8.42 Å². The van der Waals surface area contributed by atoms with Crippen LogP contribution >= 0.6 is 15.9 Å². The fraction of sp³-hybridized carbons (Fsp3) is 0.385. The quantitative estimate of drug-likeness (QED) is 0.776. The van der Waals surface area contributed by atoms with Gasteiger partial charge in [0.2, 0.25) is 10.0 Å². The van der Waals surface area contributed by atoms with Gasteiger partial charge < -0.3 is 0 Å². The van der Waals surface area contributed by atoms with E-state index in [4.69, 9.17) is 0 Å². The molecule has 0 aliphatic rings. The second kappa shape index (κ2) is 5.99. The number of aryl methyl sites for hydroxylation is 1. The van der Waals surface area contributed by atoms with Gasteiger partial charge in [0.05, 0.1) is 4.90 Å². The normalized spacial score (nSPS) is 11.8. The molecule has 1 aromatic rings. The number of rotatable bonds is 5. The summed E-state index contributed by atoms with van der Waals surface area (Å²) in [5.41, 5.74) is 1.84. The molecule has 0 radical (unpaired) electrons. The fourth-order valence-corrected chi connectivity index (χ4v) is 4.28. The minimum absolute atomic E-state index is 0.302. The standard InChI is InChI=1S/C13H18BrNO2S/c1-5-15(9-10(2)3)18(16,17)13-7-6-11(4)8-12(13)14/h6-8H,2,5,9H2,1,3-4H3. The Morgan fingerprint density at radius 1 is 1.44 bits per heavy atom. The van der Waals surface area contributed by atoms with Gasteiger partial charge in [0.25, 0.3) is 0 Å². The molecule has 0 heterocycles. The van der Waals surface area contributed by atoms with Crippen LogP contribution < -0.4 is 0 Å². The van der Waals surface area contributed by atoms with E-state index >= 15 is 0 Å². The lowest BCUT2D eigenvalue weighted by atomic mass is 10.2. The molecule has 0 spiro atoms. The van der Waals surface area contributed by atoms with Crippen molar-refractivity contribution in [1.82, 2.24) is 4.31 Å². The molecule has 0 bridgehead atoms. The van der Waals surface area contributed by atoms with Crippen molar-refractivity contribution in [3.8, 4) is 0 Å². The van der Waals surface area contributed by atoms with Gasteiger partial charge >= 0.3 is 0 Å². The van der Waals surface area contributed by atoms with E-state index in [2.05, 4.69) is 22.5 Å². The summed E-state index contributed by atoms with van der Waals surface area (Å²) in [6, 6.07) is 5.24. The Kier molecular flexibility index (Phi) is 5.13. The van der Waals surface area contributed by atoms with Gasteiger partial charge in [-0.05, 0) is 47.5 Å². The maximum absolute atomic E-state index is 12.5. The molecular weight excluding hydrogens is 314 g/mol. The third kappa shape index (κ3) is 3.43. The van der Waals surface area contributed by atoms with Crippen LogP contribution in [0.25, 0.3) is 0 Å². The van der Waals surface area contributed by atoms with Crippen LogP contribution in [0.3, 0.4) is 0 Å². The largest absolute Gasteiger partial charge is 0.244 e. The molecule has 0 saturated carbocycles. The lowest BCUT2D eigenvalue weighted by Gasteiger charge is -2.21. The van der Waals surface area contributed by atoms with Crippen molar-refractivity contribution in [3.05, 3.63) is 40.4 Å². The summed E-state index contributed by atoms with van der Waals surface area (Å²) in [5, 5.41) is 0. The topological polar surface area (TPSA) is 37.4 Å². The van der Waals surface area contributed by atoms with Crippen LogP contribution in [0.4, 0.5) is 0 Å². The maximum Gasteiger partial charge on any atom is 0.244 e. The van der Waals surface area contributed by atoms with Gasteiger partial charge in [0.15, 0.2) is 0 Å². The third-order valence-corrected chi connectivity index (χ3v) is 5.40. The summed E-state index contributed by atoms with van der Waals surface area (Å²) in [4.78, 5) is 0.302. The molecule has 0 aliphatic heterocycles. The summed E-state index contributed by atoms with van der Waals surface area (Å²) in [6.07, 6.45) is 0. The lowest BCUT2D eigenvalue weighted by Crippen LogP contribution is -2.32. The number of hydrogen-bond donors (Lipinski definition) is 0. The molecule has 0 amide bonds. The molecule has 1 aromatic carbocycles. The molecule has 100 valence electrons. The summed E-state index contributed by atoms with van der Waals surface area (Å²) in [7, 11) is -3.47. The SMILES string of the molecule is C=C(C)CN(CC)S(=O)(=O)c1ccc(C)cc1Br. The van der Waals surface area contributed by atoms with Crippen LogP contribution in [-0.4, -0.2) is 25.8 Å². The average Bonchev–Trinajstić information content (AvgIpc) is 2.24. The smallest absolute Gasteiger partial charge is 0.207 e. The zero-order chi connectivity index (χ0) is 13.9. The van der Waals surface area contributed by atoms with E-state index in [-0.39, 0.29) is 0 Å². The average molecular weight is 332 g/mol. The highest BCUT2D eigenvalue weighted by atomic mass is 79.9. The van der Waals surface area contributed by atoms with E-state index in [0.717, 1.165) is 11.1 Å². The fourth-order valence-electron chi connectivity index (χ4n) is 1.62. The molecule has 0 aromatic heterocycles. The minimum atomic E-state index is -3.47. The van der Waals surface area contributed by atoms with E-state index in [1.165, 1.54) is 4.31 Å². The summed E-state index contributed by atoms with van der Waals surface area (Å²) in [6.45, 7) is 10.1. The van der Waals surface area contributed by atoms with Crippen LogP contribution in [0.1, 0.15) is 19.4 Å². The van der Waals surface area contributed by atoms with Gasteiger partial charge in [-0.1, -0.05) is 25.1 Å². The zero-order valence-corrected chi connectivity index (χ0v) is 13.3. The van der Waals surface area contributed by atoms with Crippen molar-refractivity contribution in [2.24, 2.45) is 0 Å². The van der Waals surface area contributed by atoms with Crippen molar-refractivity contribution in [2.45, 2.75) is 25.7 Å². The van der Waals surface area contributed by atoms with Crippen LogP contribution in [0.2, 0.25) is 0 Å². The van der Waals surface area contributed by atoms with Crippen molar-refractivity contribution in [2.75, 3.05) is 13.1 Å². The molecule has 0 aliphatic carbocycles. The first-order chi connectivity index (χ1) is 8.28. The number of benzene rings is 1. The van der Waals surface area contributed by atoms with Gasteiger partial charge in [-0.2, -0.15) is 4.31 Å². The van der Waals surface area contributed by atoms with Gasteiger partial charge in [-0.25, -0.2) is 8.42 Å². The number of likely N-dealkylation sites (N-methyl/N-ethyl adjacent to an activating group) is 1. The predicted octanol–water partition coefficient (Wildman–Crippen LogP) is 3.34. The van der Waals surface area contributed by atoms with Crippen LogP contribution in [-0.2, 0) is 10.0 Å². The first-order valence-corrected chi connectivity index (χ1v) is 7.93. The van der Waals surface area contributed by atoms with Gasteiger partial charge in [0, 0.05) is 17.6 Å². The molecule has 18 heavy (non-hydrogen) atoms. The molecule has 0 fully saturated rings. The summed E-state index contributed by atoms with van der Waals surface area (Å²) < 4.78 is 27.0. The molecule has 0 N–H and O–H groups in total. The van der Waals surface area contributed by atoms with Crippen molar-refractivity contribution in [3.63, 3.8) is 0 Å². The number of nitrogens with zero attached hydrogens (tertiary/aromatic N) is 1. The van der Waals surface area contributed by atoms with Crippen LogP contribution in [0.15, 0.2) is 39.7 Å². The Hall–Kier alpha value is -0.650. The van der Waals surface area contributed by atoms with E-state index < -0.39 is 10.0 Å². The molecular formula is C13H18BrNO2S. The maximum atomic E-state index is 12.5. The van der Waals surface area contributed by atoms with E-state index in [1.807, 2.05) is 26.8 Å². The van der Waals surface area contributed by atoms with Crippen LogP contribution in [0.5, 0.6) is 0 Å². The van der Waals surface area contributed by atoms with Crippen molar-refractivity contribution >= 4 is 26.0 Å². The number of hydrogen-bond acceptors (Lipinski definition) is 2. The molecule has 0 atom stereocenters. The van der Waals surface area contributed by atoms with E-state index in [1.54, 1.807) is 12.1 Å². The van der Waals surface area contributed by atoms with E-state index in [9.17, 15) is 8.42 Å². The Morgan fingerprint density at radius 2 is 2.06 bits per heavy atom. The second-order valence-electron chi connectivity index (χ2n) is 4.32. The van der Waals surface area contributed by atoms with E-state index in [0.29, 0.717) is 22.5 Å². The van der Waals surface area contributed by atoms with Gasteiger partial charge in [-0.15, -0.1) is 0 Å². The zero-order valence-electron chi connectivity index (χ0n) is 10.9. The second-order valence-corrected chi connectivity index (χ2v) is 7.08. The Morgan fingerprint density at radius 3 is 2.50 bits per heavy atom. The summed E-state index contributed by atoms with van der Waals surface area (Å²) >= 11 is 3.32. The Balaban J connectivity index is 3.23. The highest BCUT2D eigenvalue weighted by molar-refractivity contribution is 9.10. The monoisotopic (exact) mass is 331 g/mol. The Labute approximate surface area is 118 Å². The van der Waals surface area contributed by atoms with Gasteiger partial charge in [0.1, 0.15) is 0 Å². The first kappa shape index (κ1) is 15.4. The van der Waals surface area contributed by atoms with Crippen LogP contribution in [0, 0.1) is 6.92 Å². The molecule has 5 heteroatoms. The third-order valence-electron chi connectivity index (χ3n) is 2.50. The minimum Gasteiger partial charge on any atom is -0.207 e. The molecule has 1 rings (SSSR count). The van der Waals surface area contributed by atoms with Crippen molar-refractivity contribution in [1.29, 1.82) is 0 Å². The lowest BCUT2D eigenvalue weighted by molar-refractivity contribution is 0.452.